The van der Waals surface area contributed by atoms with Gasteiger partial charge in [-0.05, 0) is 31.9 Å². The molecule has 2 aliphatic rings. The summed E-state index contributed by atoms with van der Waals surface area (Å²) >= 11 is 0. The maximum absolute atomic E-state index is 12.4. The molecule has 23 heavy (non-hydrogen) atoms. The van der Waals surface area contributed by atoms with Gasteiger partial charge < -0.3 is 19.9 Å². The third kappa shape index (κ3) is 4.13. The number of carbonyl (C=O) groups excluding carboxylic acids is 1. The van der Waals surface area contributed by atoms with Crippen molar-refractivity contribution in [3.05, 3.63) is 24.4 Å². The molecular formula is C17H26N4O2. The van der Waals surface area contributed by atoms with Crippen molar-refractivity contribution in [3.63, 3.8) is 0 Å². The van der Waals surface area contributed by atoms with Crippen LogP contribution in [0.5, 0.6) is 0 Å². The molecule has 3 rings (SSSR count). The van der Waals surface area contributed by atoms with Gasteiger partial charge in [-0.2, -0.15) is 0 Å². The number of anilines is 1. The Morgan fingerprint density at radius 3 is 3.04 bits per heavy atom. The normalized spacial score (nSPS) is 24.2. The highest BCUT2D eigenvalue weighted by Crippen LogP contribution is 2.19. The fourth-order valence-corrected chi connectivity index (χ4v) is 3.33. The number of pyridine rings is 1. The molecule has 2 saturated heterocycles. The molecule has 1 N–H and O–H groups in total. The fraction of sp³-hybridized carbons (Fsp3) is 0.647. The highest BCUT2D eigenvalue weighted by Gasteiger charge is 2.30. The number of hydrogen-bond donors (Lipinski definition) is 1. The smallest absolute Gasteiger partial charge is 0.317 e. The SMILES string of the molecule is CCOC[C@H]1CCN(C(=O)N[C@@H]2CCN(c3ccccn3)C2)C1. The van der Waals surface area contributed by atoms with Crippen LogP contribution < -0.4 is 10.2 Å². The van der Waals surface area contributed by atoms with Crippen LogP contribution in [0.1, 0.15) is 19.8 Å². The van der Waals surface area contributed by atoms with Crippen LogP contribution in [0.3, 0.4) is 0 Å². The molecule has 6 heteroatoms. The highest BCUT2D eigenvalue weighted by molar-refractivity contribution is 5.75. The van der Waals surface area contributed by atoms with E-state index < -0.39 is 0 Å². The van der Waals surface area contributed by atoms with Crippen molar-refractivity contribution in [2.45, 2.75) is 25.8 Å². The lowest BCUT2D eigenvalue weighted by Gasteiger charge is -2.21. The number of amides is 2. The molecule has 0 radical (unpaired) electrons. The topological polar surface area (TPSA) is 57.7 Å². The Bertz CT molecular complexity index is 511. The molecule has 126 valence electrons. The van der Waals surface area contributed by atoms with Gasteiger partial charge in [-0.1, -0.05) is 6.07 Å². The van der Waals surface area contributed by atoms with Crippen LogP contribution >= 0.6 is 0 Å². The quantitative estimate of drug-likeness (QED) is 0.898. The second-order valence-corrected chi connectivity index (χ2v) is 6.33. The van der Waals surface area contributed by atoms with Crippen LogP contribution in [0.2, 0.25) is 0 Å². The standard InChI is InChI=1S/C17H26N4O2/c1-2-23-13-14-6-9-21(11-14)17(22)19-15-7-10-20(12-15)16-5-3-4-8-18-16/h3-5,8,14-15H,2,6-7,9-13H2,1H3,(H,19,22)/t14-,15+/m0/s1. The zero-order valence-corrected chi connectivity index (χ0v) is 13.8. The molecule has 2 atom stereocenters. The minimum Gasteiger partial charge on any atom is -0.381 e. The molecule has 0 spiro atoms. The highest BCUT2D eigenvalue weighted by atomic mass is 16.5. The van der Waals surface area contributed by atoms with Crippen LogP contribution in [-0.2, 0) is 4.74 Å². The minimum atomic E-state index is 0.0665. The summed E-state index contributed by atoms with van der Waals surface area (Å²) < 4.78 is 5.47. The lowest BCUT2D eigenvalue weighted by Crippen LogP contribution is -2.45. The summed E-state index contributed by atoms with van der Waals surface area (Å²) in [5, 5.41) is 3.17. The summed E-state index contributed by atoms with van der Waals surface area (Å²) in [7, 11) is 0. The molecule has 0 bridgehead atoms. The Labute approximate surface area is 137 Å². The van der Waals surface area contributed by atoms with E-state index >= 15 is 0 Å². The molecule has 2 aliphatic heterocycles. The van der Waals surface area contributed by atoms with Gasteiger partial charge in [-0.15, -0.1) is 0 Å². The van der Waals surface area contributed by atoms with E-state index in [1.807, 2.05) is 36.2 Å². The average Bonchev–Trinajstić information content (AvgIpc) is 3.23. The molecule has 0 saturated carbocycles. The molecule has 0 aliphatic carbocycles. The van der Waals surface area contributed by atoms with Crippen LogP contribution in [0.4, 0.5) is 10.6 Å². The van der Waals surface area contributed by atoms with Gasteiger partial charge in [0.25, 0.3) is 0 Å². The number of nitrogens with one attached hydrogen (secondary N) is 1. The third-order valence-corrected chi connectivity index (χ3v) is 4.62. The fourth-order valence-electron chi connectivity index (χ4n) is 3.33. The number of urea groups is 1. The Morgan fingerprint density at radius 2 is 2.26 bits per heavy atom. The number of likely N-dealkylation sites (tertiary alicyclic amines) is 1. The molecule has 1 aromatic rings. The van der Waals surface area contributed by atoms with Gasteiger partial charge >= 0.3 is 6.03 Å². The van der Waals surface area contributed by atoms with E-state index in [0.29, 0.717) is 5.92 Å². The summed E-state index contributed by atoms with van der Waals surface area (Å²) in [5.74, 6) is 1.47. The number of hydrogen-bond acceptors (Lipinski definition) is 4. The first-order valence-electron chi connectivity index (χ1n) is 8.55. The maximum Gasteiger partial charge on any atom is 0.317 e. The van der Waals surface area contributed by atoms with Crippen molar-refractivity contribution in [3.8, 4) is 0 Å². The molecule has 2 fully saturated rings. The Kier molecular flexibility index (Phi) is 5.33. The largest absolute Gasteiger partial charge is 0.381 e. The van der Waals surface area contributed by atoms with Crippen molar-refractivity contribution in [1.82, 2.24) is 15.2 Å². The van der Waals surface area contributed by atoms with E-state index in [1.54, 1.807) is 0 Å². The zero-order valence-electron chi connectivity index (χ0n) is 13.8. The van der Waals surface area contributed by atoms with Crippen LogP contribution in [0.25, 0.3) is 0 Å². The van der Waals surface area contributed by atoms with Gasteiger partial charge in [0.1, 0.15) is 5.82 Å². The second-order valence-electron chi connectivity index (χ2n) is 6.33. The number of aromatic nitrogens is 1. The molecule has 0 aromatic carbocycles. The minimum absolute atomic E-state index is 0.0665. The molecular weight excluding hydrogens is 292 g/mol. The second kappa shape index (κ2) is 7.64. The van der Waals surface area contributed by atoms with E-state index in [0.717, 1.165) is 58.1 Å². The number of ether oxygens (including phenoxy) is 1. The van der Waals surface area contributed by atoms with E-state index in [-0.39, 0.29) is 12.1 Å². The Hall–Kier alpha value is -1.82. The van der Waals surface area contributed by atoms with Crippen molar-refractivity contribution >= 4 is 11.8 Å². The Morgan fingerprint density at radius 1 is 1.35 bits per heavy atom. The lowest BCUT2D eigenvalue weighted by atomic mass is 10.1. The molecule has 6 nitrogen and oxygen atoms in total. The van der Waals surface area contributed by atoms with Crippen LogP contribution in [0.15, 0.2) is 24.4 Å². The van der Waals surface area contributed by atoms with Crippen molar-refractivity contribution in [2.24, 2.45) is 5.92 Å². The molecule has 2 amide bonds. The van der Waals surface area contributed by atoms with E-state index in [2.05, 4.69) is 15.2 Å². The lowest BCUT2D eigenvalue weighted by molar-refractivity contribution is 0.113. The first-order valence-corrected chi connectivity index (χ1v) is 8.55. The number of rotatable bonds is 5. The number of carbonyl (C=O) groups is 1. The maximum atomic E-state index is 12.4. The summed E-state index contributed by atoms with van der Waals surface area (Å²) in [6.07, 6.45) is 3.82. The van der Waals surface area contributed by atoms with Crippen LogP contribution in [0, 0.1) is 5.92 Å². The van der Waals surface area contributed by atoms with Gasteiger partial charge in [0.05, 0.1) is 6.61 Å². The summed E-state index contributed by atoms with van der Waals surface area (Å²) in [6, 6.07) is 6.21. The van der Waals surface area contributed by atoms with Crippen LogP contribution in [-0.4, -0.2) is 61.3 Å². The molecule has 0 unspecified atom stereocenters. The van der Waals surface area contributed by atoms with Gasteiger partial charge in [-0.3, -0.25) is 0 Å². The van der Waals surface area contributed by atoms with Crippen molar-refractivity contribution < 1.29 is 9.53 Å². The first-order chi connectivity index (χ1) is 11.3. The summed E-state index contributed by atoms with van der Waals surface area (Å²) in [5.41, 5.74) is 0. The predicted molar refractivity (Wildman–Crippen MR) is 89.6 cm³/mol. The van der Waals surface area contributed by atoms with Gasteiger partial charge in [0.2, 0.25) is 0 Å². The van der Waals surface area contributed by atoms with Gasteiger partial charge in [-0.25, -0.2) is 9.78 Å². The third-order valence-electron chi connectivity index (χ3n) is 4.62. The summed E-state index contributed by atoms with van der Waals surface area (Å²) in [4.78, 5) is 20.9. The monoisotopic (exact) mass is 318 g/mol. The first kappa shape index (κ1) is 16.1. The predicted octanol–water partition coefficient (Wildman–Crippen LogP) is 1.73. The number of nitrogens with zero attached hydrogens (tertiary/aromatic N) is 3. The summed E-state index contributed by atoms with van der Waals surface area (Å²) in [6.45, 7) is 6.93. The van der Waals surface area contributed by atoms with E-state index in [9.17, 15) is 4.79 Å². The molecule has 3 heterocycles. The van der Waals surface area contributed by atoms with E-state index in [4.69, 9.17) is 4.74 Å². The van der Waals surface area contributed by atoms with Gasteiger partial charge in [0, 0.05) is 50.9 Å². The van der Waals surface area contributed by atoms with Crippen molar-refractivity contribution in [1.29, 1.82) is 0 Å². The van der Waals surface area contributed by atoms with Gasteiger partial charge in [0.15, 0.2) is 0 Å². The van der Waals surface area contributed by atoms with Crippen molar-refractivity contribution in [2.75, 3.05) is 44.3 Å². The average molecular weight is 318 g/mol. The molecule has 1 aromatic heterocycles. The zero-order chi connectivity index (χ0) is 16.1. The Balaban J connectivity index is 1.44. The van der Waals surface area contributed by atoms with E-state index in [1.165, 1.54) is 0 Å².